The van der Waals surface area contributed by atoms with Gasteiger partial charge in [-0.2, -0.15) is 11.8 Å². The van der Waals surface area contributed by atoms with Crippen LogP contribution in [0.3, 0.4) is 0 Å². The lowest BCUT2D eigenvalue weighted by Crippen LogP contribution is -2.39. The van der Waals surface area contributed by atoms with E-state index in [9.17, 15) is 4.79 Å². The maximum Gasteiger partial charge on any atom is 0.176 e. The SMILES string of the molecule is CC1CN(CC(=O)c2ccc(I)cc2)CCS1. The molecule has 0 aliphatic carbocycles. The third kappa shape index (κ3) is 3.96. The van der Waals surface area contributed by atoms with Crippen molar-refractivity contribution in [3.63, 3.8) is 0 Å². The summed E-state index contributed by atoms with van der Waals surface area (Å²) in [5.74, 6) is 1.38. The highest BCUT2D eigenvalue weighted by Crippen LogP contribution is 2.18. The maximum atomic E-state index is 12.1. The largest absolute Gasteiger partial charge is 0.294 e. The van der Waals surface area contributed by atoms with Gasteiger partial charge in [0, 0.05) is 33.2 Å². The van der Waals surface area contributed by atoms with E-state index in [1.807, 2.05) is 36.0 Å². The maximum absolute atomic E-state index is 12.1. The smallest absolute Gasteiger partial charge is 0.176 e. The van der Waals surface area contributed by atoms with Crippen LogP contribution in [0.4, 0.5) is 0 Å². The number of nitrogens with zero attached hydrogens (tertiary/aromatic N) is 1. The van der Waals surface area contributed by atoms with E-state index in [4.69, 9.17) is 0 Å². The number of rotatable bonds is 3. The molecule has 1 aliphatic rings. The van der Waals surface area contributed by atoms with Crippen molar-refractivity contribution >= 4 is 40.1 Å². The fourth-order valence-electron chi connectivity index (χ4n) is 1.96. The number of Topliss-reactive ketones (excluding diaryl/α,β-unsaturated/α-hetero) is 1. The molecular formula is C13H16INOS. The van der Waals surface area contributed by atoms with Crippen LogP contribution in [0.25, 0.3) is 0 Å². The van der Waals surface area contributed by atoms with E-state index in [2.05, 4.69) is 34.4 Å². The van der Waals surface area contributed by atoms with Crippen molar-refractivity contribution in [2.45, 2.75) is 12.2 Å². The van der Waals surface area contributed by atoms with Crippen LogP contribution in [-0.2, 0) is 0 Å². The molecule has 17 heavy (non-hydrogen) atoms. The van der Waals surface area contributed by atoms with Crippen LogP contribution >= 0.6 is 34.4 Å². The van der Waals surface area contributed by atoms with Crippen molar-refractivity contribution in [3.05, 3.63) is 33.4 Å². The Labute approximate surface area is 120 Å². The summed E-state index contributed by atoms with van der Waals surface area (Å²) < 4.78 is 1.17. The lowest BCUT2D eigenvalue weighted by Gasteiger charge is -2.29. The number of ketones is 1. The summed E-state index contributed by atoms with van der Waals surface area (Å²) in [6.07, 6.45) is 0. The molecule has 92 valence electrons. The minimum atomic E-state index is 0.237. The highest BCUT2D eigenvalue weighted by atomic mass is 127. The minimum Gasteiger partial charge on any atom is -0.294 e. The highest BCUT2D eigenvalue weighted by molar-refractivity contribution is 14.1. The fourth-order valence-corrected chi connectivity index (χ4v) is 3.41. The molecule has 0 radical (unpaired) electrons. The van der Waals surface area contributed by atoms with Gasteiger partial charge in [0.2, 0.25) is 0 Å². The van der Waals surface area contributed by atoms with Crippen molar-refractivity contribution in [1.82, 2.24) is 4.90 Å². The van der Waals surface area contributed by atoms with Crippen LogP contribution in [0.2, 0.25) is 0 Å². The van der Waals surface area contributed by atoms with Gasteiger partial charge in [0.15, 0.2) is 5.78 Å². The molecule has 1 unspecified atom stereocenters. The van der Waals surface area contributed by atoms with Gasteiger partial charge >= 0.3 is 0 Å². The second-order valence-corrected chi connectivity index (χ2v) is 7.14. The van der Waals surface area contributed by atoms with Crippen LogP contribution in [0, 0.1) is 3.57 Å². The molecule has 0 bridgehead atoms. The third-order valence-electron chi connectivity index (χ3n) is 2.86. The van der Waals surface area contributed by atoms with Crippen LogP contribution in [0.1, 0.15) is 17.3 Å². The Hall–Kier alpha value is -0.0700. The fraction of sp³-hybridized carbons (Fsp3) is 0.462. The van der Waals surface area contributed by atoms with Gasteiger partial charge in [0.05, 0.1) is 6.54 Å². The number of thioether (sulfide) groups is 1. The lowest BCUT2D eigenvalue weighted by atomic mass is 10.1. The number of benzene rings is 1. The predicted octanol–water partition coefficient (Wildman–Crippen LogP) is 2.91. The summed E-state index contributed by atoms with van der Waals surface area (Å²) in [5, 5.41) is 0.647. The summed E-state index contributed by atoms with van der Waals surface area (Å²) in [6.45, 7) is 4.85. The summed E-state index contributed by atoms with van der Waals surface area (Å²) in [7, 11) is 0. The van der Waals surface area contributed by atoms with Gasteiger partial charge in [-0.05, 0) is 34.7 Å². The van der Waals surface area contributed by atoms with Gasteiger partial charge in [-0.25, -0.2) is 0 Å². The molecule has 0 saturated carbocycles. The van der Waals surface area contributed by atoms with Crippen LogP contribution in [0.15, 0.2) is 24.3 Å². The van der Waals surface area contributed by atoms with E-state index >= 15 is 0 Å². The van der Waals surface area contributed by atoms with E-state index in [0.29, 0.717) is 11.8 Å². The van der Waals surface area contributed by atoms with Crippen molar-refractivity contribution in [3.8, 4) is 0 Å². The Morgan fingerprint density at radius 1 is 1.47 bits per heavy atom. The Balaban J connectivity index is 1.94. The topological polar surface area (TPSA) is 20.3 Å². The second-order valence-electron chi connectivity index (χ2n) is 4.35. The van der Waals surface area contributed by atoms with Gasteiger partial charge in [0.25, 0.3) is 0 Å². The van der Waals surface area contributed by atoms with Crippen molar-refractivity contribution < 1.29 is 4.79 Å². The monoisotopic (exact) mass is 361 g/mol. The average molecular weight is 361 g/mol. The zero-order valence-electron chi connectivity index (χ0n) is 9.86. The van der Waals surface area contributed by atoms with Crippen LogP contribution in [0.5, 0.6) is 0 Å². The van der Waals surface area contributed by atoms with Gasteiger partial charge in [-0.1, -0.05) is 19.1 Å². The van der Waals surface area contributed by atoms with E-state index in [-0.39, 0.29) is 5.78 Å². The Morgan fingerprint density at radius 3 is 2.82 bits per heavy atom. The molecule has 0 aromatic heterocycles. The van der Waals surface area contributed by atoms with E-state index < -0.39 is 0 Å². The van der Waals surface area contributed by atoms with Crippen LogP contribution in [-0.4, -0.2) is 41.3 Å². The van der Waals surface area contributed by atoms with Gasteiger partial charge in [-0.3, -0.25) is 9.69 Å². The Morgan fingerprint density at radius 2 is 2.18 bits per heavy atom. The number of carbonyl (C=O) groups is 1. The molecular weight excluding hydrogens is 345 g/mol. The Kier molecular flexibility index (Phi) is 4.87. The summed E-state index contributed by atoms with van der Waals surface area (Å²) in [4.78, 5) is 14.3. The minimum absolute atomic E-state index is 0.237. The van der Waals surface area contributed by atoms with Crippen molar-refractivity contribution in [2.24, 2.45) is 0 Å². The molecule has 2 nitrogen and oxygen atoms in total. The molecule has 0 amide bonds. The molecule has 4 heteroatoms. The predicted molar refractivity (Wildman–Crippen MR) is 81.8 cm³/mol. The van der Waals surface area contributed by atoms with Gasteiger partial charge < -0.3 is 0 Å². The molecule has 1 atom stereocenters. The molecule has 1 aromatic rings. The Bertz CT molecular complexity index is 393. The molecule has 1 fully saturated rings. The zero-order valence-corrected chi connectivity index (χ0v) is 12.8. The molecule has 1 heterocycles. The van der Waals surface area contributed by atoms with E-state index in [1.54, 1.807) is 0 Å². The second kappa shape index (κ2) is 6.20. The molecule has 0 spiro atoms. The molecule has 1 aromatic carbocycles. The first kappa shape index (κ1) is 13.4. The molecule has 2 rings (SSSR count). The number of halogens is 1. The molecule has 0 N–H and O–H groups in total. The van der Waals surface area contributed by atoms with Gasteiger partial charge in [-0.15, -0.1) is 0 Å². The molecule has 1 saturated heterocycles. The van der Waals surface area contributed by atoms with Crippen molar-refractivity contribution in [2.75, 3.05) is 25.4 Å². The highest BCUT2D eigenvalue weighted by Gasteiger charge is 2.19. The van der Waals surface area contributed by atoms with Gasteiger partial charge in [0.1, 0.15) is 0 Å². The van der Waals surface area contributed by atoms with Crippen LogP contribution < -0.4 is 0 Å². The summed E-state index contributed by atoms with van der Waals surface area (Å²) >= 11 is 4.25. The number of hydrogen-bond acceptors (Lipinski definition) is 3. The summed E-state index contributed by atoms with van der Waals surface area (Å²) in [5.41, 5.74) is 0.830. The molecule has 1 aliphatic heterocycles. The number of carbonyl (C=O) groups excluding carboxylic acids is 1. The van der Waals surface area contributed by atoms with E-state index in [1.165, 1.54) is 3.57 Å². The summed E-state index contributed by atoms with van der Waals surface area (Å²) in [6, 6.07) is 7.82. The first-order valence-electron chi connectivity index (χ1n) is 5.78. The average Bonchev–Trinajstić information content (AvgIpc) is 2.29. The lowest BCUT2D eigenvalue weighted by molar-refractivity contribution is 0.0934. The quantitative estimate of drug-likeness (QED) is 0.610. The van der Waals surface area contributed by atoms with E-state index in [0.717, 1.165) is 24.4 Å². The third-order valence-corrected chi connectivity index (χ3v) is 4.71. The van der Waals surface area contributed by atoms with Crippen molar-refractivity contribution in [1.29, 1.82) is 0 Å². The zero-order chi connectivity index (χ0) is 12.3. The first-order valence-corrected chi connectivity index (χ1v) is 7.90. The number of hydrogen-bond donors (Lipinski definition) is 0. The first-order chi connectivity index (χ1) is 8.15. The normalized spacial score (nSPS) is 21.4. The standard InChI is InChI=1S/C13H16INOS/c1-10-8-15(6-7-17-10)9-13(16)11-2-4-12(14)5-3-11/h2-5,10H,6-9H2,1H3.